The van der Waals surface area contributed by atoms with Gasteiger partial charge in [-0.1, -0.05) is 33.6 Å². The maximum absolute atomic E-state index is 2.87. The molecule has 0 unspecified atom stereocenters. The largest absolute Gasteiger partial charge is 0.300 e. The molecule has 0 aromatic heterocycles. The van der Waals surface area contributed by atoms with Crippen molar-refractivity contribution in [2.45, 2.75) is 71.8 Å². The lowest BCUT2D eigenvalue weighted by Gasteiger charge is -2.50. The SMILES string of the molecule is CC(C)(C)C1CCN([C@@H]2C[C@H]3CC[C@@H]2CC3)CC1. The maximum Gasteiger partial charge on any atom is 0.0126 e. The fraction of sp³-hybridized carbons (Fsp3) is 1.00. The first-order chi connectivity index (χ1) is 8.54. The van der Waals surface area contributed by atoms with E-state index in [0.29, 0.717) is 5.41 Å². The van der Waals surface area contributed by atoms with Gasteiger partial charge in [0.2, 0.25) is 0 Å². The Morgan fingerprint density at radius 3 is 1.89 bits per heavy atom. The van der Waals surface area contributed by atoms with Crippen molar-refractivity contribution in [3.63, 3.8) is 0 Å². The molecule has 3 aliphatic carbocycles. The Labute approximate surface area is 113 Å². The maximum atomic E-state index is 2.87. The molecule has 1 heteroatoms. The van der Waals surface area contributed by atoms with E-state index in [1.54, 1.807) is 12.8 Å². The van der Waals surface area contributed by atoms with Crippen LogP contribution in [0.5, 0.6) is 0 Å². The standard InChI is InChI=1S/C17H31N/c1-17(2,3)15-8-10-18(11-9-15)16-12-13-4-6-14(16)7-5-13/h13-16H,4-12H2,1-3H3/t13-,14+,16-/m1/s1. The van der Waals surface area contributed by atoms with Gasteiger partial charge in [0.15, 0.2) is 0 Å². The predicted molar refractivity (Wildman–Crippen MR) is 77.6 cm³/mol. The summed E-state index contributed by atoms with van der Waals surface area (Å²) >= 11 is 0. The van der Waals surface area contributed by atoms with Crippen LogP contribution in [-0.4, -0.2) is 24.0 Å². The average molecular weight is 249 g/mol. The van der Waals surface area contributed by atoms with Gasteiger partial charge >= 0.3 is 0 Å². The lowest BCUT2D eigenvalue weighted by Crippen LogP contribution is -2.51. The van der Waals surface area contributed by atoms with Crippen LogP contribution in [0.3, 0.4) is 0 Å². The molecule has 1 saturated heterocycles. The monoisotopic (exact) mass is 249 g/mol. The molecule has 1 aliphatic heterocycles. The van der Waals surface area contributed by atoms with Crippen molar-refractivity contribution in [3.05, 3.63) is 0 Å². The van der Waals surface area contributed by atoms with Crippen molar-refractivity contribution in [2.24, 2.45) is 23.2 Å². The predicted octanol–water partition coefficient (Wildman–Crippen LogP) is 4.32. The number of fused-ring (bicyclic) bond motifs is 3. The van der Waals surface area contributed by atoms with Crippen LogP contribution in [0.2, 0.25) is 0 Å². The van der Waals surface area contributed by atoms with Crippen molar-refractivity contribution in [1.29, 1.82) is 0 Å². The number of hydrogen-bond donors (Lipinski definition) is 0. The van der Waals surface area contributed by atoms with E-state index in [4.69, 9.17) is 0 Å². The summed E-state index contributed by atoms with van der Waals surface area (Å²) in [4.78, 5) is 2.87. The Morgan fingerprint density at radius 2 is 1.44 bits per heavy atom. The summed E-state index contributed by atoms with van der Waals surface area (Å²) < 4.78 is 0. The third-order valence-electron chi connectivity index (χ3n) is 6.23. The van der Waals surface area contributed by atoms with Crippen LogP contribution in [0.15, 0.2) is 0 Å². The van der Waals surface area contributed by atoms with Crippen LogP contribution in [0, 0.1) is 23.2 Å². The number of nitrogens with zero attached hydrogens (tertiary/aromatic N) is 1. The molecule has 0 amide bonds. The van der Waals surface area contributed by atoms with Crippen molar-refractivity contribution in [1.82, 2.24) is 4.90 Å². The zero-order valence-electron chi connectivity index (χ0n) is 12.6. The van der Waals surface area contributed by atoms with Gasteiger partial charge in [-0.2, -0.15) is 0 Å². The zero-order chi connectivity index (χ0) is 12.8. The summed E-state index contributed by atoms with van der Waals surface area (Å²) in [6.07, 6.45) is 10.6. The number of piperidine rings is 1. The second-order valence-corrected chi connectivity index (χ2v) is 8.26. The van der Waals surface area contributed by atoms with Gasteiger partial charge in [-0.25, -0.2) is 0 Å². The highest BCUT2D eigenvalue weighted by molar-refractivity contribution is 4.93. The summed E-state index contributed by atoms with van der Waals surface area (Å²) in [5, 5.41) is 0. The molecule has 104 valence electrons. The van der Waals surface area contributed by atoms with Gasteiger partial charge in [-0.3, -0.25) is 0 Å². The Balaban J connectivity index is 1.57. The van der Waals surface area contributed by atoms with Gasteiger partial charge < -0.3 is 4.90 Å². The van der Waals surface area contributed by atoms with E-state index in [1.165, 1.54) is 45.2 Å². The van der Waals surface area contributed by atoms with E-state index in [-0.39, 0.29) is 0 Å². The number of rotatable bonds is 1. The van der Waals surface area contributed by atoms with Crippen molar-refractivity contribution >= 4 is 0 Å². The van der Waals surface area contributed by atoms with Crippen LogP contribution in [-0.2, 0) is 0 Å². The third-order valence-corrected chi connectivity index (χ3v) is 6.23. The molecule has 0 aromatic carbocycles. The molecule has 0 radical (unpaired) electrons. The van der Waals surface area contributed by atoms with E-state index in [1.807, 2.05) is 0 Å². The summed E-state index contributed by atoms with van der Waals surface area (Å²) in [5.74, 6) is 3.09. The molecule has 4 aliphatic rings. The molecule has 1 heterocycles. The number of hydrogen-bond acceptors (Lipinski definition) is 1. The van der Waals surface area contributed by atoms with E-state index in [0.717, 1.165) is 23.8 Å². The van der Waals surface area contributed by atoms with Crippen LogP contribution < -0.4 is 0 Å². The third kappa shape index (κ3) is 2.48. The summed E-state index contributed by atoms with van der Waals surface area (Å²) in [6.45, 7) is 10.0. The molecular formula is C17H31N. The minimum atomic E-state index is 0.525. The van der Waals surface area contributed by atoms with Crippen LogP contribution in [0.4, 0.5) is 0 Å². The minimum Gasteiger partial charge on any atom is -0.300 e. The molecule has 0 aromatic rings. The topological polar surface area (TPSA) is 3.24 Å². The van der Waals surface area contributed by atoms with E-state index >= 15 is 0 Å². The molecular weight excluding hydrogens is 218 g/mol. The summed E-state index contributed by atoms with van der Waals surface area (Å²) in [7, 11) is 0. The summed E-state index contributed by atoms with van der Waals surface area (Å²) in [5.41, 5.74) is 0.525. The fourth-order valence-corrected chi connectivity index (χ4v) is 4.89. The molecule has 0 N–H and O–H groups in total. The van der Waals surface area contributed by atoms with Crippen molar-refractivity contribution in [3.8, 4) is 0 Å². The summed E-state index contributed by atoms with van der Waals surface area (Å²) in [6, 6.07) is 0.971. The molecule has 0 spiro atoms. The molecule has 1 nitrogen and oxygen atoms in total. The fourth-order valence-electron chi connectivity index (χ4n) is 4.89. The van der Waals surface area contributed by atoms with E-state index in [9.17, 15) is 0 Å². The Hall–Kier alpha value is -0.0400. The first kappa shape index (κ1) is 13.0. The normalized spacial score (nSPS) is 39.2. The van der Waals surface area contributed by atoms with Crippen molar-refractivity contribution in [2.75, 3.05) is 13.1 Å². The van der Waals surface area contributed by atoms with Gasteiger partial charge in [-0.15, -0.1) is 0 Å². The van der Waals surface area contributed by atoms with E-state index < -0.39 is 0 Å². The highest BCUT2D eigenvalue weighted by Gasteiger charge is 2.40. The van der Waals surface area contributed by atoms with Crippen LogP contribution in [0.1, 0.15) is 65.7 Å². The van der Waals surface area contributed by atoms with Gasteiger partial charge in [0, 0.05) is 6.04 Å². The van der Waals surface area contributed by atoms with Crippen LogP contribution in [0.25, 0.3) is 0 Å². The first-order valence-electron chi connectivity index (χ1n) is 8.28. The molecule has 2 bridgehead atoms. The second-order valence-electron chi connectivity index (χ2n) is 8.26. The van der Waals surface area contributed by atoms with E-state index in [2.05, 4.69) is 25.7 Å². The number of likely N-dealkylation sites (tertiary alicyclic amines) is 1. The van der Waals surface area contributed by atoms with Crippen LogP contribution >= 0.6 is 0 Å². The average Bonchev–Trinajstić information content (AvgIpc) is 2.39. The molecule has 1 atom stereocenters. The van der Waals surface area contributed by atoms with Gasteiger partial charge in [0.25, 0.3) is 0 Å². The Bertz CT molecular complexity index is 274. The highest BCUT2D eigenvalue weighted by Crippen LogP contribution is 2.45. The minimum absolute atomic E-state index is 0.525. The van der Waals surface area contributed by atoms with Crippen molar-refractivity contribution < 1.29 is 0 Å². The zero-order valence-corrected chi connectivity index (χ0v) is 12.6. The Morgan fingerprint density at radius 1 is 0.833 bits per heavy atom. The highest BCUT2D eigenvalue weighted by atomic mass is 15.2. The van der Waals surface area contributed by atoms with Gasteiger partial charge in [0.1, 0.15) is 0 Å². The van der Waals surface area contributed by atoms with Gasteiger partial charge in [-0.05, 0) is 68.4 Å². The lowest BCUT2D eigenvalue weighted by atomic mass is 9.66. The second kappa shape index (κ2) is 4.81. The quantitative estimate of drug-likeness (QED) is 0.669. The lowest BCUT2D eigenvalue weighted by molar-refractivity contribution is 0.00188. The smallest absolute Gasteiger partial charge is 0.0126 e. The first-order valence-corrected chi connectivity index (χ1v) is 8.28. The Kier molecular flexibility index (Phi) is 3.47. The molecule has 4 fully saturated rings. The molecule has 18 heavy (non-hydrogen) atoms. The van der Waals surface area contributed by atoms with Gasteiger partial charge in [0.05, 0.1) is 0 Å². The molecule has 4 rings (SSSR count). The molecule has 3 saturated carbocycles.